The van der Waals surface area contributed by atoms with Crippen LogP contribution in [0, 0.1) is 0 Å². The molecule has 0 fully saturated rings. The van der Waals surface area contributed by atoms with Gasteiger partial charge in [0.15, 0.2) is 0 Å². The van der Waals surface area contributed by atoms with Gasteiger partial charge >= 0.3 is 0 Å². The minimum Gasteiger partial charge on any atom is -0.341 e. The van der Waals surface area contributed by atoms with Crippen LogP contribution in [0.3, 0.4) is 0 Å². The highest BCUT2D eigenvalue weighted by molar-refractivity contribution is 6.18. The Morgan fingerprint density at radius 2 is 2.16 bits per heavy atom. The molecule has 1 aromatic carbocycles. The van der Waals surface area contributed by atoms with E-state index in [1.165, 1.54) is 11.1 Å². The van der Waals surface area contributed by atoms with Crippen molar-refractivity contribution in [3.05, 3.63) is 35.4 Å². The van der Waals surface area contributed by atoms with Gasteiger partial charge in [-0.25, -0.2) is 0 Å². The summed E-state index contributed by atoms with van der Waals surface area (Å²) in [7, 11) is 0. The van der Waals surface area contributed by atoms with E-state index in [-0.39, 0.29) is 11.8 Å². The molecule has 0 saturated carbocycles. The molecule has 0 aromatic heterocycles. The molecule has 1 aliphatic carbocycles. The van der Waals surface area contributed by atoms with Gasteiger partial charge in [0.1, 0.15) is 0 Å². The van der Waals surface area contributed by atoms with Crippen molar-refractivity contribution < 1.29 is 4.79 Å². The van der Waals surface area contributed by atoms with Gasteiger partial charge in [0, 0.05) is 19.0 Å². The Morgan fingerprint density at radius 1 is 1.37 bits per heavy atom. The van der Waals surface area contributed by atoms with E-state index in [9.17, 15) is 4.79 Å². The van der Waals surface area contributed by atoms with Gasteiger partial charge in [-0.1, -0.05) is 31.2 Å². The predicted octanol–water partition coefficient (Wildman–Crippen LogP) is 3.58. The van der Waals surface area contributed by atoms with Gasteiger partial charge in [0.05, 0.1) is 5.92 Å². The monoisotopic (exact) mass is 279 g/mol. The van der Waals surface area contributed by atoms with Crippen LogP contribution in [0.5, 0.6) is 0 Å². The molecule has 0 heterocycles. The fourth-order valence-electron chi connectivity index (χ4n) is 2.93. The van der Waals surface area contributed by atoms with Gasteiger partial charge in [0.25, 0.3) is 0 Å². The molecule has 2 nitrogen and oxygen atoms in total. The molecule has 0 bridgehead atoms. The second-order valence-electron chi connectivity index (χ2n) is 5.16. The SMILES string of the molecule is CCCN(CCCl)C(=O)C1CCCc2ccccc21. The van der Waals surface area contributed by atoms with Crippen LogP contribution < -0.4 is 0 Å². The minimum absolute atomic E-state index is 0.0414. The van der Waals surface area contributed by atoms with Crippen molar-refractivity contribution in [2.24, 2.45) is 0 Å². The number of hydrogen-bond donors (Lipinski definition) is 0. The summed E-state index contributed by atoms with van der Waals surface area (Å²) in [6.45, 7) is 3.57. The van der Waals surface area contributed by atoms with E-state index >= 15 is 0 Å². The molecule has 0 spiro atoms. The molecule has 1 aliphatic rings. The number of aryl methyl sites for hydroxylation is 1. The minimum atomic E-state index is 0.0414. The Bertz CT molecular complexity index is 427. The van der Waals surface area contributed by atoms with Crippen LogP contribution in [-0.4, -0.2) is 29.8 Å². The van der Waals surface area contributed by atoms with Crippen molar-refractivity contribution in [3.63, 3.8) is 0 Å². The lowest BCUT2D eigenvalue weighted by Crippen LogP contribution is -2.38. The number of carbonyl (C=O) groups is 1. The average Bonchev–Trinajstić information content (AvgIpc) is 2.46. The Morgan fingerprint density at radius 3 is 2.89 bits per heavy atom. The molecule has 104 valence electrons. The van der Waals surface area contributed by atoms with Crippen molar-refractivity contribution in [1.82, 2.24) is 4.90 Å². The highest BCUT2D eigenvalue weighted by atomic mass is 35.5. The highest BCUT2D eigenvalue weighted by Crippen LogP contribution is 2.32. The maximum Gasteiger partial charge on any atom is 0.230 e. The van der Waals surface area contributed by atoms with E-state index in [4.69, 9.17) is 11.6 Å². The van der Waals surface area contributed by atoms with Gasteiger partial charge in [-0.2, -0.15) is 0 Å². The molecule has 1 unspecified atom stereocenters. The summed E-state index contributed by atoms with van der Waals surface area (Å²) in [6, 6.07) is 8.37. The van der Waals surface area contributed by atoms with Crippen molar-refractivity contribution in [2.45, 2.75) is 38.5 Å². The van der Waals surface area contributed by atoms with Gasteiger partial charge < -0.3 is 4.90 Å². The molecular weight excluding hydrogens is 258 g/mol. The standard InChI is InChI=1S/C16H22ClNO/c1-2-11-18(12-10-17)16(19)15-9-5-7-13-6-3-4-8-14(13)15/h3-4,6,8,15H,2,5,7,9-12H2,1H3. The van der Waals surface area contributed by atoms with Crippen LogP contribution in [-0.2, 0) is 11.2 Å². The first-order valence-corrected chi connectivity index (χ1v) is 7.74. The van der Waals surface area contributed by atoms with E-state index in [0.29, 0.717) is 12.4 Å². The lowest BCUT2D eigenvalue weighted by molar-refractivity contribution is -0.133. The Balaban J connectivity index is 2.19. The van der Waals surface area contributed by atoms with E-state index in [0.717, 1.165) is 32.2 Å². The first kappa shape index (κ1) is 14.4. The van der Waals surface area contributed by atoms with Crippen LogP contribution in [0.4, 0.5) is 0 Å². The first-order valence-electron chi connectivity index (χ1n) is 7.20. The fourth-order valence-corrected chi connectivity index (χ4v) is 3.14. The number of halogens is 1. The maximum atomic E-state index is 12.7. The number of fused-ring (bicyclic) bond motifs is 1. The first-order chi connectivity index (χ1) is 9.27. The summed E-state index contributed by atoms with van der Waals surface area (Å²) >= 11 is 5.82. The van der Waals surface area contributed by atoms with E-state index in [2.05, 4.69) is 25.1 Å². The Hall–Kier alpha value is -1.02. The molecule has 0 aliphatic heterocycles. The third kappa shape index (κ3) is 3.30. The zero-order valence-corrected chi connectivity index (χ0v) is 12.3. The molecule has 1 atom stereocenters. The molecule has 0 saturated heterocycles. The van der Waals surface area contributed by atoms with E-state index in [1.807, 2.05) is 11.0 Å². The number of amides is 1. The lowest BCUT2D eigenvalue weighted by atomic mass is 9.82. The second-order valence-corrected chi connectivity index (χ2v) is 5.54. The number of hydrogen-bond acceptors (Lipinski definition) is 1. The normalized spacial score (nSPS) is 17.9. The smallest absolute Gasteiger partial charge is 0.230 e. The molecule has 3 heteroatoms. The summed E-state index contributed by atoms with van der Waals surface area (Å²) in [6.07, 6.45) is 4.16. The quantitative estimate of drug-likeness (QED) is 0.755. The predicted molar refractivity (Wildman–Crippen MR) is 79.7 cm³/mol. The number of benzene rings is 1. The molecule has 19 heavy (non-hydrogen) atoms. The van der Waals surface area contributed by atoms with Crippen LogP contribution in [0.1, 0.15) is 43.2 Å². The zero-order chi connectivity index (χ0) is 13.7. The van der Waals surface area contributed by atoms with E-state index < -0.39 is 0 Å². The van der Waals surface area contributed by atoms with Gasteiger partial charge in [0.2, 0.25) is 5.91 Å². The van der Waals surface area contributed by atoms with Crippen LogP contribution >= 0.6 is 11.6 Å². The number of rotatable bonds is 5. The van der Waals surface area contributed by atoms with Gasteiger partial charge in [-0.05, 0) is 36.8 Å². The van der Waals surface area contributed by atoms with Gasteiger partial charge in [-0.3, -0.25) is 4.79 Å². The van der Waals surface area contributed by atoms with Crippen LogP contribution in [0.2, 0.25) is 0 Å². The summed E-state index contributed by atoms with van der Waals surface area (Å²) < 4.78 is 0. The zero-order valence-electron chi connectivity index (χ0n) is 11.6. The Labute approximate surface area is 120 Å². The van der Waals surface area contributed by atoms with E-state index in [1.54, 1.807) is 0 Å². The Kier molecular flexibility index (Phi) is 5.26. The topological polar surface area (TPSA) is 20.3 Å². The summed E-state index contributed by atoms with van der Waals surface area (Å²) in [5.74, 6) is 0.814. The molecule has 1 aromatic rings. The average molecular weight is 280 g/mol. The molecule has 0 radical (unpaired) electrons. The highest BCUT2D eigenvalue weighted by Gasteiger charge is 2.29. The third-order valence-corrected chi connectivity index (χ3v) is 4.00. The summed E-state index contributed by atoms with van der Waals surface area (Å²) in [4.78, 5) is 14.6. The summed E-state index contributed by atoms with van der Waals surface area (Å²) in [5, 5.41) is 0. The molecule has 0 N–H and O–H groups in total. The molecule has 1 amide bonds. The van der Waals surface area contributed by atoms with Crippen molar-refractivity contribution in [1.29, 1.82) is 0 Å². The largest absolute Gasteiger partial charge is 0.341 e. The van der Waals surface area contributed by atoms with Crippen molar-refractivity contribution in [3.8, 4) is 0 Å². The second kappa shape index (κ2) is 6.95. The van der Waals surface area contributed by atoms with Crippen molar-refractivity contribution in [2.75, 3.05) is 19.0 Å². The number of nitrogens with zero attached hydrogens (tertiary/aromatic N) is 1. The fraction of sp³-hybridized carbons (Fsp3) is 0.562. The van der Waals surface area contributed by atoms with Crippen molar-refractivity contribution >= 4 is 17.5 Å². The number of alkyl halides is 1. The molecule has 2 rings (SSSR count). The van der Waals surface area contributed by atoms with Crippen LogP contribution in [0.15, 0.2) is 24.3 Å². The number of carbonyl (C=O) groups excluding carboxylic acids is 1. The third-order valence-electron chi connectivity index (χ3n) is 3.83. The lowest BCUT2D eigenvalue weighted by Gasteiger charge is -2.30. The van der Waals surface area contributed by atoms with Crippen LogP contribution in [0.25, 0.3) is 0 Å². The maximum absolute atomic E-state index is 12.7. The van der Waals surface area contributed by atoms with Gasteiger partial charge in [-0.15, -0.1) is 11.6 Å². The molecular formula is C16H22ClNO. The summed E-state index contributed by atoms with van der Waals surface area (Å²) in [5.41, 5.74) is 2.57.